The van der Waals surface area contributed by atoms with E-state index in [1.165, 1.54) is 13.2 Å². The molecule has 0 unspecified atom stereocenters. The molecule has 5 heteroatoms. The molecule has 0 bridgehead atoms. The highest BCUT2D eigenvalue weighted by Gasteiger charge is 2.30. The number of hydrogen-bond donors (Lipinski definition) is 2. The van der Waals surface area contributed by atoms with Crippen molar-refractivity contribution in [3.63, 3.8) is 0 Å². The zero-order valence-corrected chi connectivity index (χ0v) is 9.53. The number of carbonyl (C=O) groups excluding carboxylic acids is 2. The van der Waals surface area contributed by atoms with Crippen LogP contribution in [0, 0.1) is 5.92 Å². The lowest BCUT2D eigenvalue weighted by atomic mass is 10.1. The van der Waals surface area contributed by atoms with Crippen molar-refractivity contribution < 1.29 is 14.3 Å². The number of methoxy groups -OCH3 is 1. The van der Waals surface area contributed by atoms with Gasteiger partial charge in [-0.05, 0) is 31.0 Å². The molecule has 0 radical (unpaired) electrons. The van der Waals surface area contributed by atoms with Crippen molar-refractivity contribution in [2.75, 3.05) is 12.4 Å². The summed E-state index contributed by atoms with van der Waals surface area (Å²) in [5.41, 5.74) is 6.02. The second kappa shape index (κ2) is 4.45. The molecule has 5 nitrogen and oxygen atoms in total. The number of hydrogen-bond acceptors (Lipinski definition) is 3. The SMILES string of the molecule is COc1ccc(C(N)=O)cc1NC(=O)C1CC1. The molecule has 90 valence electrons. The van der Waals surface area contributed by atoms with E-state index < -0.39 is 5.91 Å². The van der Waals surface area contributed by atoms with Gasteiger partial charge in [0.15, 0.2) is 0 Å². The van der Waals surface area contributed by atoms with Crippen LogP contribution < -0.4 is 15.8 Å². The van der Waals surface area contributed by atoms with E-state index in [4.69, 9.17) is 10.5 Å². The maximum Gasteiger partial charge on any atom is 0.248 e. The van der Waals surface area contributed by atoms with Crippen LogP contribution >= 0.6 is 0 Å². The minimum absolute atomic E-state index is 0.0371. The molecular formula is C12H14N2O3. The molecule has 17 heavy (non-hydrogen) atoms. The molecule has 1 aromatic rings. The van der Waals surface area contributed by atoms with E-state index in [1.807, 2.05) is 0 Å². The fourth-order valence-corrected chi connectivity index (χ4v) is 1.54. The van der Waals surface area contributed by atoms with Crippen LogP contribution in [-0.2, 0) is 4.79 Å². The van der Waals surface area contributed by atoms with Gasteiger partial charge >= 0.3 is 0 Å². The van der Waals surface area contributed by atoms with Gasteiger partial charge in [0.1, 0.15) is 5.75 Å². The Balaban J connectivity index is 2.24. The first-order chi connectivity index (χ1) is 8.11. The molecule has 0 aliphatic heterocycles. The van der Waals surface area contributed by atoms with Gasteiger partial charge in [0.25, 0.3) is 0 Å². The van der Waals surface area contributed by atoms with Gasteiger partial charge in [0, 0.05) is 11.5 Å². The molecular weight excluding hydrogens is 220 g/mol. The first-order valence-electron chi connectivity index (χ1n) is 5.40. The lowest BCUT2D eigenvalue weighted by molar-refractivity contribution is -0.117. The molecule has 1 aliphatic rings. The highest BCUT2D eigenvalue weighted by molar-refractivity contribution is 5.98. The quantitative estimate of drug-likeness (QED) is 0.819. The molecule has 1 aromatic carbocycles. The minimum atomic E-state index is -0.533. The Morgan fingerprint density at radius 3 is 2.65 bits per heavy atom. The van der Waals surface area contributed by atoms with Gasteiger partial charge in [-0.1, -0.05) is 0 Å². The van der Waals surface area contributed by atoms with Gasteiger partial charge in [0.2, 0.25) is 11.8 Å². The Morgan fingerprint density at radius 2 is 2.12 bits per heavy atom. The summed E-state index contributed by atoms with van der Waals surface area (Å²) in [4.78, 5) is 22.7. The number of rotatable bonds is 4. The molecule has 1 saturated carbocycles. The summed E-state index contributed by atoms with van der Waals surface area (Å²) in [6, 6.07) is 4.71. The van der Waals surface area contributed by atoms with Crippen LogP contribution in [0.3, 0.4) is 0 Å². The second-order valence-electron chi connectivity index (χ2n) is 4.04. The monoisotopic (exact) mass is 234 g/mol. The number of nitrogens with one attached hydrogen (secondary N) is 1. The third-order valence-electron chi connectivity index (χ3n) is 2.69. The molecule has 0 aromatic heterocycles. The fraction of sp³-hybridized carbons (Fsp3) is 0.333. The Kier molecular flexibility index (Phi) is 2.99. The first kappa shape index (κ1) is 11.4. The minimum Gasteiger partial charge on any atom is -0.495 e. The standard InChI is InChI=1S/C12H14N2O3/c1-17-10-5-4-8(11(13)15)6-9(10)14-12(16)7-2-3-7/h4-7H,2-3H2,1H3,(H2,13,15)(H,14,16). The number of benzene rings is 1. The molecule has 1 fully saturated rings. The van der Waals surface area contributed by atoms with Gasteiger partial charge in [-0.2, -0.15) is 0 Å². The maximum absolute atomic E-state index is 11.6. The topological polar surface area (TPSA) is 81.4 Å². The number of nitrogens with two attached hydrogens (primary N) is 1. The van der Waals surface area contributed by atoms with Crippen LogP contribution in [0.2, 0.25) is 0 Å². The summed E-state index contributed by atoms with van der Waals surface area (Å²) in [7, 11) is 1.51. The van der Waals surface area contributed by atoms with Crippen LogP contribution in [0.4, 0.5) is 5.69 Å². The fourth-order valence-electron chi connectivity index (χ4n) is 1.54. The van der Waals surface area contributed by atoms with E-state index in [1.54, 1.807) is 12.1 Å². The zero-order valence-electron chi connectivity index (χ0n) is 9.53. The van der Waals surface area contributed by atoms with E-state index in [9.17, 15) is 9.59 Å². The van der Waals surface area contributed by atoms with Gasteiger partial charge < -0.3 is 15.8 Å². The molecule has 3 N–H and O–H groups in total. The molecule has 2 rings (SSSR count). The van der Waals surface area contributed by atoms with Crippen molar-refractivity contribution in [2.45, 2.75) is 12.8 Å². The molecule has 1 aliphatic carbocycles. The van der Waals surface area contributed by atoms with Crippen LogP contribution in [0.1, 0.15) is 23.2 Å². The zero-order chi connectivity index (χ0) is 12.4. The molecule has 0 spiro atoms. The van der Waals surface area contributed by atoms with Gasteiger partial charge in [0.05, 0.1) is 12.8 Å². The van der Waals surface area contributed by atoms with Crippen LogP contribution in [0.15, 0.2) is 18.2 Å². The number of amides is 2. The van der Waals surface area contributed by atoms with Crippen molar-refractivity contribution in [3.8, 4) is 5.75 Å². The summed E-state index contributed by atoms with van der Waals surface area (Å²) in [6.45, 7) is 0. The van der Waals surface area contributed by atoms with Gasteiger partial charge in [-0.3, -0.25) is 9.59 Å². The number of ether oxygens (including phenoxy) is 1. The summed E-state index contributed by atoms with van der Waals surface area (Å²) in [5, 5.41) is 2.75. The highest BCUT2D eigenvalue weighted by Crippen LogP contribution is 2.32. The van der Waals surface area contributed by atoms with Crippen molar-refractivity contribution in [1.82, 2.24) is 0 Å². The molecule has 2 amide bonds. The summed E-state index contributed by atoms with van der Waals surface area (Å²) < 4.78 is 5.11. The predicted octanol–water partition coefficient (Wildman–Crippen LogP) is 1.14. The van der Waals surface area contributed by atoms with Crippen molar-refractivity contribution >= 4 is 17.5 Å². The van der Waals surface area contributed by atoms with Crippen molar-refractivity contribution in [2.24, 2.45) is 11.7 Å². The summed E-state index contributed by atoms with van der Waals surface area (Å²) in [6.07, 6.45) is 1.84. The second-order valence-corrected chi connectivity index (χ2v) is 4.04. The Hall–Kier alpha value is -2.04. The lowest BCUT2D eigenvalue weighted by Gasteiger charge is -2.10. The molecule has 0 saturated heterocycles. The Labute approximate surface area is 98.9 Å². The third kappa shape index (κ3) is 2.55. The van der Waals surface area contributed by atoms with E-state index in [2.05, 4.69) is 5.32 Å². The van der Waals surface area contributed by atoms with Gasteiger partial charge in [-0.15, -0.1) is 0 Å². The predicted molar refractivity (Wildman–Crippen MR) is 62.9 cm³/mol. The largest absolute Gasteiger partial charge is 0.495 e. The van der Waals surface area contributed by atoms with E-state index >= 15 is 0 Å². The maximum atomic E-state index is 11.6. The van der Waals surface area contributed by atoms with Crippen molar-refractivity contribution in [1.29, 1.82) is 0 Å². The Morgan fingerprint density at radius 1 is 1.41 bits per heavy atom. The molecule has 0 atom stereocenters. The van der Waals surface area contributed by atoms with Crippen LogP contribution in [-0.4, -0.2) is 18.9 Å². The number of carbonyl (C=O) groups is 2. The summed E-state index contributed by atoms with van der Waals surface area (Å²) >= 11 is 0. The van der Waals surface area contributed by atoms with E-state index in [0.717, 1.165) is 12.8 Å². The average molecular weight is 234 g/mol. The van der Waals surface area contributed by atoms with E-state index in [-0.39, 0.29) is 11.8 Å². The van der Waals surface area contributed by atoms with Crippen LogP contribution in [0.25, 0.3) is 0 Å². The van der Waals surface area contributed by atoms with Gasteiger partial charge in [-0.25, -0.2) is 0 Å². The summed E-state index contributed by atoms with van der Waals surface area (Å²) in [5.74, 6) is 0.0421. The highest BCUT2D eigenvalue weighted by atomic mass is 16.5. The smallest absolute Gasteiger partial charge is 0.248 e. The normalized spacial score (nSPS) is 14.2. The molecule has 0 heterocycles. The lowest BCUT2D eigenvalue weighted by Crippen LogP contribution is -2.16. The third-order valence-corrected chi connectivity index (χ3v) is 2.69. The van der Waals surface area contributed by atoms with E-state index in [0.29, 0.717) is 17.0 Å². The Bertz CT molecular complexity index is 467. The average Bonchev–Trinajstić information content (AvgIpc) is 3.12. The van der Waals surface area contributed by atoms with Crippen molar-refractivity contribution in [3.05, 3.63) is 23.8 Å². The first-order valence-corrected chi connectivity index (χ1v) is 5.40. The number of anilines is 1. The van der Waals surface area contributed by atoms with Crippen LogP contribution in [0.5, 0.6) is 5.75 Å². The number of primary amides is 1.